The highest BCUT2D eigenvalue weighted by molar-refractivity contribution is 7.10. The number of nitrogens with two attached hydrogens (primary N) is 1. The van der Waals surface area contributed by atoms with Crippen LogP contribution < -0.4 is 5.73 Å². The number of hydrogen-bond donors (Lipinski definition) is 1. The maximum absolute atomic E-state index is 5.42. The van der Waals surface area contributed by atoms with Crippen molar-refractivity contribution in [3.05, 3.63) is 52.3 Å². The van der Waals surface area contributed by atoms with Crippen molar-refractivity contribution in [3.63, 3.8) is 0 Å². The summed E-state index contributed by atoms with van der Waals surface area (Å²) in [4.78, 5) is 1.22. The third-order valence-electron chi connectivity index (χ3n) is 2.91. The molecule has 1 aromatic carbocycles. The molecule has 0 unspecified atom stereocenters. The van der Waals surface area contributed by atoms with Crippen LogP contribution in [-0.4, -0.2) is 16.3 Å². The highest BCUT2D eigenvalue weighted by atomic mass is 32.1. The van der Waals surface area contributed by atoms with Gasteiger partial charge in [0.15, 0.2) is 0 Å². The first-order valence-electron chi connectivity index (χ1n) is 6.04. The van der Waals surface area contributed by atoms with E-state index in [0.29, 0.717) is 6.54 Å². The van der Waals surface area contributed by atoms with Crippen LogP contribution in [0.4, 0.5) is 0 Å². The summed E-state index contributed by atoms with van der Waals surface area (Å²) in [6.07, 6.45) is 1.90. The van der Waals surface area contributed by atoms with Crippen molar-refractivity contribution >= 4 is 22.2 Å². The summed E-state index contributed by atoms with van der Waals surface area (Å²) in [5, 5.41) is 7.66. The molecule has 2 N–H and O–H groups in total. The standard InChI is InChI=1S/C15H13N3S/c16-8-3-5-12-7-9-19-15(12)11-18-14-6-2-1-4-13(14)10-17-18/h1-2,4,6-7,9-10H,8,11,16H2. The van der Waals surface area contributed by atoms with E-state index in [1.165, 1.54) is 4.88 Å². The van der Waals surface area contributed by atoms with E-state index in [1.807, 2.05) is 29.1 Å². The molecule has 19 heavy (non-hydrogen) atoms. The van der Waals surface area contributed by atoms with Gasteiger partial charge in [0.25, 0.3) is 0 Å². The Morgan fingerprint density at radius 3 is 3.05 bits per heavy atom. The Morgan fingerprint density at radius 2 is 2.16 bits per heavy atom. The lowest BCUT2D eigenvalue weighted by Crippen LogP contribution is -2.01. The largest absolute Gasteiger partial charge is 0.320 e. The highest BCUT2D eigenvalue weighted by Gasteiger charge is 2.06. The first-order chi connectivity index (χ1) is 9.38. The van der Waals surface area contributed by atoms with Crippen LogP contribution in [0, 0.1) is 11.8 Å². The van der Waals surface area contributed by atoms with Gasteiger partial charge in [0.2, 0.25) is 0 Å². The second kappa shape index (κ2) is 5.27. The van der Waals surface area contributed by atoms with Crippen molar-refractivity contribution in [2.24, 2.45) is 5.73 Å². The molecular weight excluding hydrogens is 254 g/mol. The molecule has 3 rings (SSSR count). The third-order valence-corrected chi connectivity index (χ3v) is 3.82. The van der Waals surface area contributed by atoms with Crippen LogP contribution in [0.1, 0.15) is 10.4 Å². The first kappa shape index (κ1) is 12.0. The Bertz CT molecular complexity index is 758. The van der Waals surface area contributed by atoms with Crippen LogP contribution in [-0.2, 0) is 6.54 Å². The fourth-order valence-electron chi connectivity index (χ4n) is 2.01. The molecule has 0 atom stereocenters. The van der Waals surface area contributed by atoms with E-state index in [9.17, 15) is 0 Å². The maximum atomic E-state index is 5.42. The van der Waals surface area contributed by atoms with Crippen molar-refractivity contribution in [3.8, 4) is 11.8 Å². The average molecular weight is 267 g/mol. The van der Waals surface area contributed by atoms with E-state index in [4.69, 9.17) is 5.73 Å². The highest BCUT2D eigenvalue weighted by Crippen LogP contribution is 2.20. The van der Waals surface area contributed by atoms with Crippen molar-refractivity contribution in [2.75, 3.05) is 6.54 Å². The Hall–Kier alpha value is -2.09. The van der Waals surface area contributed by atoms with E-state index in [2.05, 4.69) is 34.5 Å². The van der Waals surface area contributed by atoms with Gasteiger partial charge >= 0.3 is 0 Å². The minimum Gasteiger partial charge on any atom is -0.320 e. The topological polar surface area (TPSA) is 43.8 Å². The molecule has 0 fully saturated rings. The zero-order valence-corrected chi connectivity index (χ0v) is 11.2. The SMILES string of the molecule is NCC#Cc1ccsc1Cn1ncc2ccccc21. The number of benzene rings is 1. The van der Waals surface area contributed by atoms with Crippen LogP contribution >= 0.6 is 11.3 Å². The number of fused-ring (bicyclic) bond motifs is 1. The summed E-state index contributed by atoms with van der Waals surface area (Å²) < 4.78 is 2.01. The van der Waals surface area contributed by atoms with Gasteiger partial charge in [-0.05, 0) is 17.5 Å². The van der Waals surface area contributed by atoms with Crippen LogP contribution in [0.3, 0.4) is 0 Å². The lowest BCUT2D eigenvalue weighted by molar-refractivity contribution is 0.720. The number of rotatable bonds is 2. The third kappa shape index (κ3) is 2.39. The van der Waals surface area contributed by atoms with Crippen LogP contribution in [0.5, 0.6) is 0 Å². The molecule has 2 aromatic heterocycles. The predicted octanol–water partition coefficient (Wildman–Crippen LogP) is 2.46. The molecule has 0 amide bonds. The van der Waals surface area contributed by atoms with Gasteiger partial charge in [0, 0.05) is 15.8 Å². The van der Waals surface area contributed by atoms with Gasteiger partial charge in [-0.3, -0.25) is 4.68 Å². The lowest BCUT2D eigenvalue weighted by Gasteiger charge is -2.02. The molecule has 94 valence electrons. The van der Waals surface area contributed by atoms with Crippen LogP contribution in [0.25, 0.3) is 10.9 Å². The quantitative estimate of drug-likeness (QED) is 0.725. The van der Waals surface area contributed by atoms with Crippen molar-refractivity contribution in [1.82, 2.24) is 9.78 Å². The maximum Gasteiger partial charge on any atom is 0.0772 e. The second-order valence-corrected chi connectivity index (χ2v) is 5.13. The molecule has 0 saturated carbocycles. The van der Waals surface area contributed by atoms with Crippen LogP contribution in [0.2, 0.25) is 0 Å². The summed E-state index contributed by atoms with van der Waals surface area (Å²) in [5.74, 6) is 6.01. The fourth-order valence-corrected chi connectivity index (χ4v) is 2.82. The summed E-state index contributed by atoms with van der Waals surface area (Å²) in [6, 6.07) is 10.2. The van der Waals surface area contributed by atoms with Gasteiger partial charge in [-0.15, -0.1) is 11.3 Å². The summed E-state index contributed by atoms with van der Waals surface area (Å²) in [7, 11) is 0. The molecule has 0 spiro atoms. The van der Waals surface area contributed by atoms with Gasteiger partial charge in [-0.2, -0.15) is 5.10 Å². The number of aromatic nitrogens is 2. The minimum atomic E-state index is 0.389. The van der Waals surface area contributed by atoms with Gasteiger partial charge in [0.1, 0.15) is 0 Å². The monoisotopic (exact) mass is 267 g/mol. The average Bonchev–Trinajstić information content (AvgIpc) is 3.05. The van der Waals surface area contributed by atoms with Crippen molar-refractivity contribution in [1.29, 1.82) is 0 Å². The summed E-state index contributed by atoms with van der Waals surface area (Å²) in [5.41, 5.74) is 7.62. The second-order valence-electron chi connectivity index (χ2n) is 4.12. The van der Waals surface area contributed by atoms with E-state index < -0.39 is 0 Å². The number of para-hydroxylation sites is 1. The molecule has 3 nitrogen and oxygen atoms in total. The zero-order valence-electron chi connectivity index (χ0n) is 10.3. The van der Waals surface area contributed by atoms with Crippen molar-refractivity contribution < 1.29 is 0 Å². The van der Waals surface area contributed by atoms with Gasteiger partial charge in [-0.1, -0.05) is 30.0 Å². The Balaban J connectivity index is 1.95. The normalized spacial score (nSPS) is 10.4. The van der Waals surface area contributed by atoms with E-state index in [1.54, 1.807) is 11.3 Å². The lowest BCUT2D eigenvalue weighted by atomic mass is 10.2. The van der Waals surface area contributed by atoms with Gasteiger partial charge < -0.3 is 5.73 Å². The molecular formula is C15H13N3S. The Kier molecular flexibility index (Phi) is 3.32. The van der Waals surface area contributed by atoms with E-state index >= 15 is 0 Å². The smallest absolute Gasteiger partial charge is 0.0772 e. The molecule has 4 heteroatoms. The Labute approximate surface area is 115 Å². The molecule has 0 radical (unpaired) electrons. The Morgan fingerprint density at radius 1 is 1.26 bits per heavy atom. The number of thiophene rings is 1. The molecule has 3 aromatic rings. The number of nitrogens with zero attached hydrogens (tertiary/aromatic N) is 2. The predicted molar refractivity (Wildman–Crippen MR) is 79.1 cm³/mol. The molecule has 0 bridgehead atoms. The van der Waals surface area contributed by atoms with Crippen LogP contribution in [0.15, 0.2) is 41.9 Å². The van der Waals surface area contributed by atoms with E-state index in [0.717, 1.165) is 23.0 Å². The molecule has 0 aliphatic heterocycles. The fraction of sp³-hybridized carbons (Fsp3) is 0.133. The summed E-state index contributed by atoms with van der Waals surface area (Å²) in [6.45, 7) is 1.14. The molecule has 0 aliphatic rings. The molecule has 0 saturated heterocycles. The molecule has 2 heterocycles. The minimum absolute atomic E-state index is 0.389. The zero-order chi connectivity index (χ0) is 13.1. The van der Waals surface area contributed by atoms with Gasteiger partial charge in [0.05, 0.1) is 24.8 Å². The molecule has 0 aliphatic carbocycles. The van der Waals surface area contributed by atoms with E-state index in [-0.39, 0.29) is 0 Å². The summed E-state index contributed by atoms with van der Waals surface area (Å²) >= 11 is 1.70. The van der Waals surface area contributed by atoms with Gasteiger partial charge in [-0.25, -0.2) is 0 Å². The first-order valence-corrected chi connectivity index (χ1v) is 6.92. The van der Waals surface area contributed by atoms with Crippen molar-refractivity contribution in [2.45, 2.75) is 6.54 Å². The number of hydrogen-bond acceptors (Lipinski definition) is 3.